The van der Waals surface area contributed by atoms with Crippen LogP contribution in [0.25, 0.3) is 0 Å². The van der Waals surface area contributed by atoms with Crippen LogP contribution >= 0.6 is 23.2 Å². The van der Waals surface area contributed by atoms with E-state index in [1.165, 1.54) is 19.3 Å². The molecule has 0 saturated heterocycles. The third kappa shape index (κ3) is 3.44. The molecule has 0 radical (unpaired) electrons. The van der Waals surface area contributed by atoms with Crippen molar-refractivity contribution in [3.8, 4) is 0 Å². The Kier molecular flexibility index (Phi) is 5.65. The number of methoxy groups -OCH3 is 1. The van der Waals surface area contributed by atoms with Gasteiger partial charge in [-0.25, -0.2) is 9.97 Å². The van der Waals surface area contributed by atoms with Crippen LogP contribution in [0.1, 0.15) is 69.4 Å². The Morgan fingerprint density at radius 3 is 2.05 bits per heavy atom. The zero-order valence-corrected chi connectivity index (χ0v) is 13.8. The summed E-state index contributed by atoms with van der Waals surface area (Å²) >= 11 is 12.6. The third-order valence-electron chi connectivity index (χ3n) is 4.03. The number of nitrogens with zero attached hydrogens (tertiary/aromatic N) is 2. The predicted molar refractivity (Wildman–Crippen MR) is 82.5 cm³/mol. The van der Waals surface area contributed by atoms with Gasteiger partial charge >= 0.3 is 0 Å². The number of aromatic nitrogens is 2. The molecule has 3 nitrogen and oxygen atoms in total. The van der Waals surface area contributed by atoms with Gasteiger partial charge in [-0.1, -0.05) is 56.3 Å². The molecule has 0 amide bonds. The minimum Gasteiger partial charge on any atom is -0.373 e. The van der Waals surface area contributed by atoms with Crippen LogP contribution in [0.3, 0.4) is 0 Å². The molecular weight excluding hydrogens is 295 g/mol. The summed E-state index contributed by atoms with van der Waals surface area (Å²) in [4.78, 5) is 8.89. The minimum absolute atomic E-state index is 0.105. The Morgan fingerprint density at radius 1 is 1.05 bits per heavy atom. The van der Waals surface area contributed by atoms with Crippen molar-refractivity contribution >= 4 is 23.2 Å². The van der Waals surface area contributed by atoms with E-state index in [1.807, 2.05) is 13.8 Å². The maximum Gasteiger partial charge on any atom is 0.160 e. The molecule has 1 aromatic heterocycles. The van der Waals surface area contributed by atoms with E-state index >= 15 is 0 Å². The van der Waals surface area contributed by atoms with Gasteiger partial charge in [-0.15, -0.1) is 0 Å². The van der Waals surface area contributed by atoms with E-state index < -0.39 is 0 Å². The highest BCUT2D eigenvalue weighted by atomic mass is 35.5. The highest BCUT2D eigenvalue weighted by molar-refractivity contribution is 6.34. The lowest BCUT2D eigenvalue weighted by atomic mass is 9.85. The second kappa shape index (κ2) is 7.06. The summed E-state index contributed by atoms with van der Waals surface area (Å²) in [5, 5.41) is 0.903. The fraction of sp³-hybridized carbons (Fsp3) is 0.733. The zero-order valence-electron chi connectivity index (χ0n) is 12.3. The normalized spacial score (nSPS) is 18.5. The second-order valence-corrected chi connectivity index (χ2v) is 6.50. The van der Waals surface area contributed by atoms with Crippen LogP contribution in [0.2, 0.25) is 10.3 Å². The molecule has 0 spiro atoms. The number of rotatable bonds is 4. The fourth-order valence-electron chi connectivity index (χ4n) is 2.98. The van der Waals surface area contributed by atoms with E-state index in [2.05, 4.69) is 9.97 Å². The SMILES string of the molecule is COC(c1nc(Cl)c(C(C)C)c(Cl)n1)C1CCCCC1. The third-order valence-corrected chi connectivity index (χ3v) is 4.61. The molecule has 1 atom stereocenters. The quantitative estimate of drug-likeness (QED) is 0.718. The first-order chi connectivity index (χ1) is 9.54. The van der Waals surface area contributed by atoms with E-state index in [0.717, 1.165) is 18.4 Å². The van der Waals surface area contributed by atoms with Crippen molar-refractivity contribution < 1.29 is 4.74 Å². The number of hydrogen-bond acceptors (Lipinski definition) is 3. The van der Waals surface area contributed by atoms with Crippen molar-refractivity contribution in [2.45, 2.75) is 58.0 Å². The zero-order chi connectivity index (χ0) is 14.7. The van der Waals surface area contributed by atoms with Gasteiger partial charge in [0.1, 0.15) is 16.4 Å². The van der Waals surface area contributed by atoms with Crippen molar-refractivity contribution in [3.63, 3.8) is 0 Å². The number of ether oxygens (including phenoxy) is 1. The lowest BCUT2D eigenvalue weighted by Crippen LogP contribution is -2.20. The summed E-state index contributed by atoms with van der Waals surface area (Å²) < 4.78 is 5.64. The molecule has 0 bridgehead atoms. The van der Waals surface area contributed by atoms with Crippen LogP contribution < -0.4 is 0 Å². The van der Waals surface area contributed by atoms with Crippen molar-refractivity contribution in [3.05, 3.63) is 21.7 Å². The predicted octanol–water partition coefficient (Wildman–Crippen LogP) is 5.17. The van der Waals surface area contributed by atoms with E-state index in [4.69, 9.17) is 27.9 Å². The highest BCUT2D eigenvalue weighted by Gasteiger charge is 2.28. The van der Waals surface area contributed by atoms with Crippen LogP contribution in [0.15, 0.2) is 0 Å². The van der Waals surface area contributed by atoms with Crippen molar-refractivity contribution in [1.29, 1.82) is 0 Å². The first-order valence-corrected chi connectivity index (χ1v) is 8.05. The molecule has 20 heavy (non-hydrogen) atoms. The fourth-order valence-corrected chi connectivity index (χ4v) is 3.82. The van der Waals surface area contributed by atoms with E-state index in [-0.39, 0.29) is 12.0 Å². The minimum atomic E-state index is -0.105. The molecule has 1 unspecified atom stereocenters. The Balaban J connectivity index is 2.30. The summed E-state index contributed by atoms with van der Waals surface area (Å²) in [5.41, 5.74) is 0.815. The Labute approximate surface area is 131 Å². The molecular formula is C15H22Cl2N2O. The van der Waals surface area contributed by atoms with Gasteiger partial charge in [-0.3, -0.25) is 0 Å². The summed E-state index contributed by atoms with van der Waals surface area (Å²) in [6, 6.07) is 0. The summed E-state index contributed by atoms with van der Waals surface area (Å²) in [6.45, 7) is 4.07. The summed E-state index contributed by atoms with van der Waals surface area (Å²) in [7, 11) is 1.71. The molecule has 1 aromatic rings. The average Bonchev–Trinajstić information content (AvgIpc) is 2.39. The molecule has 0 aromatic carbocycles. The number of halogens is 2. The van der Waals surface area contributed by atoms with Crippen molar-refractivity contribution in [2.24, 2.45) is 5.92 Å². The maximum atomic E-state index is 6.28. The van der Waals surface area contributed by atoms with Crippen LogP contribution in [-0.4, -0.2) is 17.1 Å². The largest absolute Gasteiger partial charge is 0.373 e. The van der Waals surface area contributed by atoms with Crippen LogP contribution in [-0.2, 0) is 4.74 Å². The Morgan fingerprint density at radius 2 is 1.60 bits per heavy atom. The van der Waals surface area contributed by atoms with E-state index in [1.54, 1.807) is 7.11 Å². The molecule has 1 aliphatic rings. The van der Waals surface area contributed by atoms with Crippen LogP contribution in [0, 0.1) is 5.92 Å². The first kappa shape index (κ1) is 16.0. The van der Waals surface area contributed by atoms with Gasteiger partial charge in [-0.2, -0.15) is 0 Å². The van der Waals surface area contributed by atoms with E-state index in [0.29, 0.717) is 22.0 Å². The van der Waals surface area contributed by atoms with Crippen molar-refractivity contribution in [2.75, 3.05) is 7.11 Å². The lowest BCUT2D eigenvalue weighted by molar-refractivity contribution is 0.0289. The molecule has 1 fully saturated rings. The molecule has 0 aliphatic heterocycles. The molecule has 2 rings (SSSR count). The van der Waals surface area contributed by atoms with E-state index in [9.17, 15) is 0 Å². The average molecular weight is 317 g/mol. The van der Waals surface area contributed by atoms with Gasteiger partial charge in [-0.05, 0) is 24.7 Å². The second-order valence-electron chi connectivity index (χ2n) is 5.79. The van der Waals surface area contributed by atoms with Gasteiger partial charge in [0.05, 0.1) is 0 Å². The molecule has 1 aliphatic carbocycles. The van der Waals surface area contributed by atoms with Crippen molar-refractivity contribution in [1.82, 2.24) is 9.97 Å². The molecule has 1 saturated carbocycles. The molecule has 0 N–H and O–H groups in total. The molecule has 1 heterocycles. The summed E-state index contributed by atoms with van der Waals surface area (Å²) in [5.74, 6) is 1.30. The lowest BCUT2D eigenvalue weighted by Gasteiger charge is -2.28. The Hall–Kier alpha value is -0.380. The monoisotopic (exact) mass is 316 g/mol. The summed E-state index contributed by atoms with van der Waals surface area (Å²) in [6.07, 6.45) is 6.01. The van der Waals surface area contributed by atoms with Gasteiger partial charge in [0.25, 0.3) is 0 Å². The van der Waals surface area contributed by atoms with Crippen LogP contribution in [0.5, 0.6) is 0 Å². The van der Waals surface area contributed by atoms with Crippen LogP contribution in [0.4, 0.5) is 0 Å². The maximum absolute atomic E-state index is 6.28. The topological polar surface area (TPSA) is 35.0 Å². The molecule has 112 valence electrons. The van der Waals surface area contributed by atoms with Gasteiger partial charge in [0, 0.05) is 12.7 Å². The van der Waals surface area contributed by atoms with Gasteiger partial charge in [0.15, 0.2) is 5.82 Å². The Bertz CT molecular complexity index is 436. The highest BCUT2D eigenvalue weighted by Crippen LogP contribution is 2.37. The number of hydrogen-bond donors (Lipinski definition) is 0. The van der Waals surface area contributed by atoms with Gasteiger partial charge in [0.2, 0.25) is 0 Å². The van der Waals surface area contributed by atoms with Gasteiger partial charge < -0.3 is 4.74 Å². The first-order valence-electron chi connectivity index (χ1n) is 7.30. The standard InChI is InChI=1S/C15H22Cl2N2O/c1-9(2)11-13(16)18-15(19-14(11)17)12(20-3)10-7-5-4-6-8-10/h9-10,12H,4-8H2,1-3H3. The molecule has 5 heteroatoms. The smallest absolute Gasteiger partial charge is 0.160 e.